The zero-order valence-corrected chi connectivity index (χ0v) is 15.5. The van der Waals surface area contributed by atoms with Gasteiger partial charge in [-0.2, -0.15) is 0 Å². The third-order valence-corrected chi connectivity index (χ3v) is 4.78. The maximum Gasteiger partial charge on any atom is 0.335 e. The number of hydrogen-bond acceptors (Lipinski definition) is 4. The van der Waals surface area contributed by atoms with Gasteiger partial charge in [0.1, 0.15) is 0 Å². The van der Waals surface area contributed by atoms with E-state index in [0.29, 0.717) is 18.5 Å². The van der Waals surface area contributed by atoms with Crippen molar-refractivity contribution < 1.29 is 19.8 Å². The first-order valence-electron chi connectivity index (χ1n) is 8.06. The average Bonchev–Trinajstić information content (AvgIpc) is 3.11. The highest BCUT2D eigenvalue weighted by Gasteiger charge is 2.12. The van der Waals surface area contributed by atoms with E-state index in [1.807, 2.05) is 42.5 Å². The summed E-state index contributed by atoms with van der Waals surface area (Å²) >= 11 is 1.53. The fourth-order valence-electron chi connectivity index (χ4n) is 2.50. The van der Waals surface area contributed by atoms with Gasteiger partial charge in [0, 0.05) is 36.2 Å². The molecule has 1 aromatic heterocycles. The largest absolute Gasteiger partial charge is 0.478 e. The van der Waals surface area contributed by atoms with E-state index in [1.54, 1.807) is 30.3 Å². The highest BCUT2D eigenvalue weighted by Crippen LogP contribution is 2.18. The number of carbonyl (C=O) groups is 2. The second kappa shape index (κ2) is 9.01. The SMILES string of the molecule is CC=C(C=C(Cc1cccs1)C(=O)O)N(C)Cc1ccc(C(=O)O)cc1. The topological polar surface area (TPSA) is 77.8 Å². The minimum Gasteiger partial charge on any atom is -0.478 e. The Labute approximate surface area is 156 Å². The van der Waals surface area contributed by atoms with Gasteiger partial charge in [-0.15, -0.1) is 11.3 Å². The molecule has 0 aliphatic carbocycles. The Morgan fingerprint density at radius 1 is 1.15 bits per heavy atom. The van der Waals surface area contributed by atoms with E-state index in [0.717, 1.165) is 16.1 Å². The molecule has 136 valence electrons. The standard InChI is InChI=1S/C20H21NO4S/c1-3-17(11-16(20(24)25)12-18-5-4-10-26-18)21(2)13-14-6-8-15(9-7-14)19(22)23/h3-11H,12-13H2,1-2H3,(H,22,23)(H,24,25). The zero-order chi connectivity index (χ0) is 19.1. The van der Waals surface area contributed by atoms with Crippen molar-refractivity contribution in [2.24, 2.45) is 0 Å². The highest BCUT2D eigenvalue weighted by atomic mass is 32.1. The van der Waals surface area contributed by atoms with E-state index in [4.69, 9.17) is 5.11 Å². The van der Waals surface area contributed by atoms with Crippen LogP contribution in [0.4, 0.5) is 0 Å². The number of likely N-dealkylation sites (N-methyl/N-ethyl adjacent to an activating group) is 1. The Morgan fingerprint density at radius 2 is 1.85 bits per heavy atom. The van der Waals surface area contributed by atoms with Gasteiger partial charge < -0.3 is 15.1 Å². The number of hydrogen-bond donors (Lipinski definition) is 2. The summed E-state index contributed by atoms with van der Waals surface area (Å²) in [5.41, 5.74) is 2.31. The lowest BCUT2D eigenvalue weighted by Crippen LogP contribution is -2.17. The van der Waals surface area contributed by atoms with Gasteiger partial charge in [-0.05, 0) is 42.1 Å². The van der Waals surface area contributed by atoms with E-state index in [9.17, 15) is 14.7 Å². The smallest absolute Gasteiger partial charge is 0.335 e. The van der Waals surface area contributed by atoms with Crippen molar-refractivity contribution in [1.82, 2.24) is 4.90 Å². The fraction of sp³-hybridized carbons (Fsp3) is 0.200. The van der Waals surface area contributed by atoms with E-state index in [1.165, 1.54) is 11.3 Å². The first kappa shape index (κ1) is 19.5. The van der Waals surface area contributed by atoms with Crippen molar-refractivity contribution in [2.75, 3.05) is 7.05 Å². The maximum absolute atomic E-state index is 11.6. The quantitative estimate of drug-likeness (QED) is 0.541. The van der Waals surface area contributed by atoms with Gasteiger partial charge in [-0.25, -0.2) is 9.59 Å². The Morgan fingerprint density at radius 3 is 2.35 bits per heavy atom. The van der Waals surface area contributed by atoms with Gasteiger partial charge in [0.25, 0.3) is 0 Å². The van der Waals surface area contributed by atoms with Gasteiger partial charge in [0.05, 0.1) is 5.56 Å². The summed E-state index contributed by atoms with van der Waals surface area (Å²) < 4.78 is 0. The molecule has 0 aliphatic heterocycles. The van der Waals surface area contributed by atoms with Crippen LogP contribution in [0.25, 0.3) is 0 Å². The van der Waals surface area contributed by atoms with E-state index < -0.39 is 11.9 Å². The summed E-state index contributed by atoms with van der Waals surface area (Å²) in [6.45, 7) is 2.41. The minimum absolute atomic E-state index is 0.242. The summed E-state index contributed by atoms with van der Waals surface area (Å²) in [6, 6.07) is 10.5. The molecule has 2 rings (SSSR count). The third kappa shape index (κ3) is 5.32. The van der Waals surface area contributed by atoms with Crippen molar-refractivity contribution in [3.05, 3.63) is 81.2 Å². The van der Waals surface area contributed by atoms with Crippen molar-refractivity contribution in [3.8, 4) is 0 Å². The molecular formula is C20H21NO4S. The molecule has 2 N–H and O–H groups in total. The number of carboxylic acid groups (broad SMARTS) is 2. The molecule has 0 unspecified atom stereocenters. The Kier molecular flexibility index (Phi) is 6.74. The Balaban J connectivity index is 2.14. The van der Waals surface area contributed by atoms with Crippen molar-refractivity contribution in [3.63, 3.8) is 0 Å². The molecule has 0 saturated carbocycles. The summed E-state index contributed by atoms with van der Waals surface area (Å²) in [7, 11) is 1.88. The van der Waals surface area contributed by atoms with E-state index in [-0.39, 0.29) is 5.56 Å². The van der Waals surface area contributed by atoms with Gasteiger partial charge in [-0.3, -0.25) is 0 Å². The molecule has 0 radical (unpaired) electrons. The van der Waals surface area contributed by atoms with Crippen LogP contribution < -0.4 is 0 Å². The third-order valence-electron chi connectivity index (χ3n) is 3.90. The lowest BCUT2D eigenvalue weighted by molar-refractivity contribution is -0.132. The molecule has 5 nitrogen and oxygen atoms in total. The summed E-state index contributed by atoms with van der Waals surface area (Å²) in [6.07, 6.45) is 3.93. The molecule has 0 spiro atoms. The predicted octanol–water partition coefficient (Wildman–Crippen LogP) is 4.04. The molecule has 0 aliphatic rings. The molecule has 0 amide bonds. The van der Waals surface area contributed by atoms with Gasteiger partial charge >= 0.3 is 11.9 Å². The molecule has 0 atom stereocenters. The summed E-state index contributed by atoms with van der Waals surface area (Å²) in [5, 5.41) is 20.4. The van der Waals surface area contributed by atoms with E-state index >= 15 is 0 Å². The van der Waals surface area contributed by atoms with Gasteiger partial charge in [0.2, 0.25) is 0 Å². The van der Waals surface area contributed by atoms with Gasteiger partial charge in [-0.1, -0.05) is 24.3 Å². The molecule has 2 aromatic rings. The number of rotatable bonds is 8. The van der Waals surface area contributed by atoms with Crippen LogP contribution in [0.2, 0.25) is 0 Å². The number of aliphatic carboxylic acids is 1. The number of carboxylic acids is 2. The molecule has 6 heteroatoms. The molecule has 0 fully saturated rings. The van der Waals surface area contributed by atoms with E-state index in [2.05, 4.69) is 0 Å². The second-order valence-electron chi connectivity index (χ2n) is 5.80. The van der Waals surface area contributed by atoms with Crippen LogP contribution in [-0.4, -0.2) is 34.1 Å². The summed E-state index contributed by atoms with van der Waals surface area (Å²) in [5.74, 6) is -1.89. The van der Waals surface area contributed by atoms with Crippen LogP contribution in [0.5, 0.6) is 0 Å². The second-order valence-corrected chi connectivity index (χ2v) is 6.83. The van der Waals surface area contributed by atoms with Crippen LogP contribution in [0.1, 0.15) is 27.7 Å². The van der Waals surface area contributed by atoms with Crippen LogP contribution in [0.15, 0.2) is 65.2 Å². The van der Waals surface area contributed by atoms with Crippen molar-refractivity contribution in [1.29, 1.82) is 0 Å². The molecule has 26 heavy (non-hydrogen) atoms. The highest BCUT2D eigenvalue weighted by molar-refractivity contribution is 7.09. The summed E-state index contributed by atoms with van der Waals surface area (Å²) in [4.78, 5) is 25.5. The van der Waals surface area contributed by atoms with Crippen LogP contribution in [-0.2, 0) is 17.8 Å². The Hall–Kier alpha value is -2.86. The lowest BCUT2D eigenvalue weighted by Gasteiger charge is -2.21. The zero-order valence-electron chi connectivity index (χ0n) is 14.7. The molecule has 1 aromatic carbocycles. The number of benzene rings is 1. The normalized spacial score (nSPS) is 12.1. The maximum atomic E-state index is 11.6. The Bertz CT molecular complexity index is 820. The first-order valence-corrected chi connectivity index (χ1v) is 8.94. The fourth-order valence-corrected chi connectivity index (χ4v) is 3.23. The lowest BCUT2D eigenvalue weighted by atomic mass is 10.1. The first-order chi connectivity index (χ1) is 12.4. The van der Waals surface area contributed by atoms with Crippen molar-refractivity contribution in [2.45, 2.75) is 19.9 Å². The van der Waals surface area contributed by atoms with Gasteiger partial charge in [0.15, 0.2) is 0 Å². The van der Waals surface area contributed by atoms with Crippen molar-refractivity contribution >= 4 is 23.3 Å². The number of nitrogens with zero attached hydrogens (tertiary/aromatic N) is 1. The van der Waals surface area contributed by atoms with Crippen LogP contribution in [0.3, 0.4) is 0 Å². The molecule has 1 heterocycles. The number of thiophene rings is 1. The molecule has 0 saturated heterocycles. The monoisotopic (exact) mass is 371 g/mol. The molecular weight excluding hydrogens is 350 g/mol. The predicted molar refractivity (Wildman–Crippen MR) is 102 cm³/mol. The van der Waals surface area contributed by atoms with Crippen LogP contribution in [0, 0.1) is 0 Å². The van der Waals surface area contributed by atoms with Crippen LogP contribution >= 0.6 is 11.3 Å². The minimum atomic E-state index is -0.957. The average molecular weight is 371 g/mol. The molecule has 0 bridgehead atoms. The number of allylic oxidation sites excluding steroid dienone is 2. The number of aromatic carboxylic acids is 1.